The number of hydrogen-bond donors (Lipinski definition) is 1. The third-order valence-electron chi connectivity index (χ3n) is 3.48. The first-order valence-corrected chi connectivity index (χ1v) is 7.95. The van der Waals surface area contributed by atoms with E-state index in [1.807, 2.05) is 48.5 Å². The molecule has 0 saturated heterocycles. The standard InChI is InChI=1S/C20H21NO4/c1-15(22)21-14-13-17-8-4-6-10-19(17)25-18-9-5-3-7-16(18)11-12-20(23)24-2/h3-12H,13-14H2,1-2H3,(H,21,22). The van der Waals surface area contributed by atoms with E-state index in [0.29, 0.717) is 24.5 Å². The van der Waals surface area contributed by atoms with Crippen LogP contribution in [0.2, 0.25) is 0 Å². The lowest BCUT2D eigenvalue weighted by Gasteiger charge is -2.13. The van der Waals surface area contributed by atoms with Crippen LogP contribution < -0.4 is 10.1 Å². The molecule has 0 fully saturated rings. The van der Waals surface area contributed by atoms with Gasteiger partial charge in [0.05, 0.1) is 7.11 Å². The van der Waals surface area contributed by atoms with Crippen molar-refractivity contribution in [1.29, 1.82) is 0 Å². The van der Waals surface area contributed by atoms with Crippen LogP contribution in [0, 0.1) is 0 Å². The lowest BCUT2D eigenvalue weighted by atomic mass is 10.1. The lowest BCUT2D eigenvalue weighted by molar-refractivity contribution is -0.134. The van der Waals surface area contributed by atoms with Crippen molar-refractivity contribution in [3.63, 3.8) is 0 Å². The Kier molecular flexibility index (Phi) is 6.77. The van der Waals surface area contributed by atoms with Crippen LogP contribution in [0.15, 0.2) is 54.6 Å². The van der Waals surface area contributed by atoms with Gasteiger partial charge in [0.25, 0.3) is 0 Å². The molecule has 0 aliphatic rings. The van der Waals surface area contributed by atoms with Gasteiger partial charge in [-0.1, -0.05) is 36.4 Å². The van der Waals surface area contributed by atoms with Gasteiger partial charge in [-0.05, 0) is 30.2 Å². The Labute approximate surface area is 147 Å². The number of benzene rings is 2. The van der Waals surface area contributed by atoms with Gasteiger partial charge in [-0.25, -0.2) is 4.79 Å². The van der Waals surface area contributed by atoms with Crippen LogP contribution in [0.25, 0.3) is 6.08 Å². The topological polar surface area (TPSA) is 64.6 Å². The van der Waals surface area contributed by atoms with Crippen molar-refractivity contribution in [2.24, 2.45) is 0 Å². The van der Waals surface area contributed by atoms with Crippen LogP contribution in [0.4, 0.5) is 0 Å². The second-order valence-electron chi connectivity index (χ2n) is 5.34. The fourth-order valence-electron chi connectivity index (χ4n) is 2.24. The van der Waals surface area contributed by atoms with E-state index in [9.17, 15) is 9.59 Å². The number of nitrogens with one attached hydrogen (secondary N) is 1. The lowest BCUT2D eigenvalue weighted by Crippen LogP contribution is -2.22. The van der Waals surface area contributed by atoms with Gasteiger partial charge in [0, 0.05) is 25.1 Å². The molecule has 0 heterocycles. The quantitative estimate of drug-likeness (QED) is 0.621. The van der Waals surface area contributed by atoms with E-state index in [2.05, 4.69) is 10.1 Å². The summed E-state index contributed by atoms with van der Waals surface area (Å²) in [5.41, 5.74) is 1.76. The number of esters is 1. The van der Waals surface area contributed by atoms with Crippen molar-refractivity contribution in [3.05, 3.63) is 65.7 Å². The maximum absolute atomic E-state index is 11.3. The van der Waals surface area contributed by atoms with Gasteiger partial charge in [-0.2, -0.15) is 0 Å². The first-order valence-electron chi connectivity index (χ1n) is 7.95. The van der Waals surface area contributed by atoms with Crippen LogP contribution in [0.5, 0.6) is 11.5 Å². The van der Waals surface area contributed by atoms with E-state index in [1.165, 1.54) is 20.1 Å². The minimum Gasteiger partial charge on any atom is -0.466 e. The van der Waals surface area contributed by atoms with Crippen LogP contribution in [-0.2, 0) is 20.7 Å². The summed E-state index contributed by atoms with van der Waals surface area (Å²) in [5.74, 6) is 0.864. The van der Waals surface area contributed by atoms with E-state index in [-0.39, 0.29) is 5.91 Å². The Balaban J connectivity index is 2.18. The molecule has 2 rings (SSSR count). The first-order chi connectivity index (χ1) is 12.1. The monoisotopic (exact) mass is 339 g/mol. The molecule has 0 saturated carbocycles. The molecule has 0 spiro atoms. The van der Waals surface area contributed by atoms with Gasteiger partial charge in [0.15, 0.2) is 0 Å². The Hall–Kier alpha value is -3.08. The van der Waals surface area contributed by atoms with E-state index in [4.69, 9.17) is 4.74 Å². The molecule has 0 radical (unpaired) electrons. The highest BCUT2D eigenvalue weighted by Gasteiger charge is 2.07. The number of ether oxygens (including phenoxy) is 2. The molecule has 5 heteroatoms. The Morgan fingerprint density at radius 1 is 1.04 bits per heavy atom. The average Bonchev–Trinajstić information content (AvgIpc) is 2.61. The van der Waals surface area contributed by atoms with Crippen LogP contribution in [-0.4, -0.2) is 25.5 Å². The van der Waals surface area contributed by atoms with Gasteiger partial charge in [0.1, 0.15) is 11.5 Å². The highest BCUT2D eigenvalue weighted by atomic mass is 16.5. The summed E-state index contributed by atoms with van der Waals surface area (Å²) in [6, 6.07) is 15.1. The van der Waals surface area contributed by atoms with Gasteiger partial charge >= 0.3 is 5.97 Å². The highest BCUT2D eigenvalue weighted by molar-refractivity contribution is 5.87. The van der Waals surface area contributed by atoms with Crippen molar-refractivity contribution >= 4 is 18.0 Å². The Bertz CT molecular complexity index is 768. The molecule has 0 atom stereocenters. The van der Waals surface area contributed by atoms with Crippen LogP contribution in [0.1, 0.15) is 18.1 Å². The third kappa shape index (κ3) is 5.80. The zero-order chi connectivity index (χ0) is 18.1. The van der Waals surface area contributed by atoms with Crippen molar-refractivity contribution in [2.75, 3.05) is 13.7 Å². The van der Waals surface area contributed by atoms with Gasteiger partial charge in [0.2, 0.25) is 5.91 Å². The minimum absolute atomic E-state index is 0.0586. The SMILES string of the molecule is COC(=O)C=Cc1ccccc1Oc1ccccc1CCNC(C)=O. The Morgan fingerprint density at radius 3 is 2.44 bits per heavy atom. The zero-order valence-electron chi connectivity index (χ0n) is 14.3. The normalized spacial score (nSPS) is 10.5. The second kappa shape index (κ2) is 9.27. The summed E-state index contributed by atoms with van der Waals surface area (Å²) in [5, 5.41) is 2.78. The molecule has 0 unspecified atom stereocenters. The molecular weight excluding hydrogens is 318 g/mol. The van der Waals surface area contributed by atoms with Crippen LogP contribution in [0.3, 0.4) is 0 Å². The summed E-state index contributed by atoms with van der Waals surface area (Å²) >= 11 is 0. The first kappa shape index (κ1) is 18.3. The molecule has 0 bridgehead atoms. The maximum Gasteiger partial charge on any atom is 0.330 e. The molecule has 130 valence electrons. The molecule has 2 aromatic carbocycles. The van der Waals surface area contributed by atoms with Crippen molar-refractivity contribution in [2.45, 2.75) is 13.3 Å². The molecule has 0 aliphatic heterocycles. The largest absolute Gasteiger partial charge is 0.466 e. The molecule has 25 heavy (non-hydrogen) atoms. The molecule has 1 N–H and O–H groups in total. The minimum atomic E-state index is -0.425. The third-order valence-corrected chi connectivity index (χ3v) is 3.48. The van der Waals surface area contributed by atoms with Crippen molar-refractivity contribution in [1.82, 2.24) is 5.32 Å². The molecule has 1 amide bonds. The highest BCUT2D eigenvalue weighted by Crippen LogP contribution is 2.29. The number of amides is 1. The number of carbonyl (C=O) groups excluding carboxylic acids is 2. The fourth-order valence-corrected chi connectivity index (χ4v) is 2.24. The average molecular weight is 339 g/mol. The van der Waals surface area contributed by atoms with E-state index < -0.39 is 5.97 Å². The van der Waals surface area contributed by atoms with Gasteiger partial charge in [-0.3, -0.25) is 4.79 Å². The summed E-state index contributed by atoms with van der Waals surface area (Å²) in [6.07, 6.45) is 3.67. The predicted octanol–water partition coefficient (Wildman–Crippen LogP) is 3.34. The summed E-state index contributed by atoms with van der Waals surface area (Å²) in [4.78, 5) is 22.3. The predicted molar refractivity (Wildman–Crippen MR) is 96.4 cm³/mol. The zero-order valence-corrected chi connectivity index (χ0v) is 14.3. The molecule has 0 aliphatic carbocycles. The molecule has 2 aromatic rings. The summed E-state index contributed by atoms with van der Waals surface area (Å²) in [7, 11) is 1.33. The van der Waals surface area contributed by atoms with Crippen LogP contribution >= 0.6 is 0 Å². The molecule has 0 aromatic heterocycles. The fraction of sp³-hybridized carbons (Fsp3) is 0.200. The van der Waals surface area contributed by atoms with E-state index >= 15 is 0 Å². The van der Waals surface area contributed by atoms with Gasteiger partial charge in [-0.15, -0.1) is 0 Å². The number of carbonyl (C=O) groups is 2. The Morgan fingerprint density at radius 2 is 1.72 bits per heavy atom. The number of rotatable bonds is 7. The summed E-state index contributed by atoms with van der Waals surface area (Å²) < 4.78 is 10.7. The number of methoxy groups -OCH3 is 1. The molecule has 5 nitrogen and oxygen atoms in total. The van der Waals surface area contributed by atoms with Crippen molar-refractivity contribution in [3.8, 4) is 11.5 Å². The number of hydrogen-bond acceptors (Lipinski definition) is 4. The van der Waals surface area contributed by atoms with E-state index in [0.717, 1.165) is 11.1 Å². The van der Waals surface area contributed by atoms with Crippen molar-refractivity contribution < 1.29 is 19.1 Å². The second-order valence-corrected chi connectivity index (χ2v) is 5.34. The smallest absolute Gasteiger partial charge is 0.330 e. The summed E-state index contributed by atoms with van der Waals surface area (Å²) in [6.45, 7) is 2.03. The van der Waals surface area contributed by atoms with Gasteiger partial charge < -0.3 is 14.8 Å². The number of para-hydroxylation sites is 2. The van der Waals surface area contributed by atoms with E-state index in [1.54, 1.807) is 6.08 Å². The molecular formula is C20H21NO4. The maximum atomic E-state index is 11.3.